The van der Waals surface area contributed by atoms with E-state index in [1.807, 2.05) is 19.1 Å². The second-order valence-electron chi connectivity index (χ2n) is 4.25. The molecule has 0 heterocycles. The predicted octanol–water partition coefficient (Wildman–Crippen LogP) is 4.57. The summed E-state index contributed by atoms with van der Waals surface area (Å²) in [5.74, 6) is 0. The lowest BCUT2D eigenvalue weighted by Crippen LogP contribution is -1.94. The summed E-state index contributed by atoms with van der Waals surface area (Å²) in [6.07, 6.45) is 0. The minimum atomic E-state index is 0.466. The van der Waals surface area contributed by atoms with Gasteiger partial charge in [-0.25, -0.2) is 0 Å². The molecule has 0 aliphatic rings. The maximum absolute atomic E-state index is 8.82. The van der Waals surface area contributed by atoms with Gasteiger partial charge in [-0.1, -0.05) is 23.7 Å². The van der Waals surface area contributed by atoms with E-state index in [-0.39, 0.29) is 0 Å². The third-order valence-corrected chi connectivity index (χ3v) is 3.07. The van der Waals surface area contributed by atoms with E-state index >= 15 is 0 Å². The largest absolute Gasteiger partial charge is 0.355 e. The molecule has 0 amide bonds. The molecule has 2 rings (SSSR count). The molecule has 0 saturated heterocycles. The molecule has 0 bridgehead atoms. The van der Waals surface area contributed by atoms with Gasteiger partial charge >= 0.3 is 0 Å². The summed E-state index contributed by atoms with van der Waals surface area (Å²) in [5, 5.41) is 12.6. The molecule has 2 aromatic carbocycles. The van der Waals surface area contributed by atoms with Crippen LogP contribution in [0.25, 0.3) is 0 Å². The van der Waals surface area contributed by atoms with E-state index in [4.69, 9.17) is 16.9 Å². The number of hydrogen-bond acceptors (Lipinski definition) is 2. The molecule has 2 aromatic rings. The van der Waals surface area contributed by atoms with Crippen LogP contribution in [0.2, 0.25) is 5.02 Å². The van der Waals surface area contributed by atoms with Crippen molar-refractivity contribution in [1.82, 2.24) is 0 Å². The normalized spacial score (nSPS) is 9.89. The molecule has 0 radical (unpaired) electrons. The molecule has 0 fully saturated rings. The first-order chi connectivity index (χ1) is 8.60. The van der Waals surface area contributed by atoms with Gasteiger partial charge < -0.3 is 5.32 Å². The summed E-state index contributed by atoms with van der Waals surface area (Å²) in [6, 6.07) is 13.6. The van der Waals surface area contributed by atoms with E-state index in [2.05, 4.69) is 30.4 Å². The van der Waals surface area contributed by atoms with Gasteiger partial charge in [-0.3, -0.25) is 0 Å². The van der Waals surface area contributed by atoms with Gasteiger partial charge in [-0.2, -0.15) is 5.26 Å². The molecular weight excluding hydrogens is 244 g/mol. The van der Waals surface area contributed by atoms with Crippen molar-refractivity contribution >= 4 is 23.0 Å². The van der Waals surface area contributed by atoms with Crippen LogP contribution in [0.3, 0.4) is 0 Å². The Kier molecular flexibility index (Phi) is 3.55. The van der Waals surface area contributed by atoms with Crippen molar-refractivity contribution in [3.05, 3.63) is 58.1 Å². The number of nitrogens with one attached hydrogen (secondary N) is 1. The zero-order valence-electron chi connectivity index (χ0n) is 10.3. The van der Waals surface area contributed by atoms with Gasteiger partial charge in [-0.15, -0.1) is 0 Å². The topological polar surface area (TPSA) is 35.8 Å². The SMILES string of the molecule is Cc1ccc(C)c(Nc2ccc(C#N)c(Cl)c2)c1. The fourth-order valence-electron chi connectivity index (χ4n) is 1.71. The molecule has 0 aromatic heterocycles. The lowest BCUT2D eigenvalue weighted by molar-refractivity contribution is 1.37. The van der Waals surface area contributed by atoms with Crippen molar-refractivity contribution in [3.63, 3.8) is 0 Å². The van der Waals surface area contributed by atoms with Gasteiger partial charge in [-0.05, 0) is 49.2 Å². The van der Waals surface area contributed by atoms with Crippen LogP contribution >= 0.6 is 11.6 Å². The van der Waals surface area contributed by atoms with E-state index in [9.17, 15) is 0 Å². The van der Waals surface area contributed by atoms with E-state index in [1.165, 1.54) is 11.1 Å². The third kappa shape index (κ3) is 2.64. The molecule has 0 saturated carbocycles. The smallest absolute Gasteiger partial charge is 0.101 e. The van der Waals surface area contributed by atoms with Gasteiger partial charge in [0.15, 0.2) is 0 Å². The second kappa shape index (κ2) is 5.12. The van der Waals surface area contributed by atoms with E-state index < -0.39 is 0 Å². The maximum Gasteiger partial charge on any atom is 0.101 e. The number of anilines is 2. The van der Waals surface area contributed by atoms with Gasteiger partial charge in [0.25, 0.3) is 0 Å². The first-order valence-corrected chi connectivity index (χ1v) is 6.02. The van der Waals surface area contributed by atoms with Crippen LogP contribution in [0.4, 0.5) is 11.4 Å². The summed E-state index contributed by atoms with van der Waals surface area (Å²) in [4.78, 5) is 0. The van der Waals surface area contributed by atoms with E-state index in [0.29, 0.717) is 10.6 Å². The highest BCUT2D eigenvalue weighted by Crippen LogP contribution is 2.25. The molecule has 2 nitrogen and oxygen atoms in total. The highest BCUT2D eigenvalue weighted by molar-refractivity contribution is 6.32. The summed E-state index contributed by atoms with van der Waals surface area (Å²) in [7, 11) is 0. The molecule has 1 N–H and O–H groups in total. The number of aryl methyl sites for hydroxylation is 2. The molecule has 0 aliphatic heterocycles. The van der Waals surface area contributed by atoms with Crippen LogP contribution < -0.4 is 5.32 Å². The fourth-order valence-corrected chi connectivity index (χ4v) is 1.93. The Morgan fingerprint density at radius 3 is 2.56 bits per heavy atom. The number of hydrogen-bond donors (Lipinski definition) is 1. The molecule has 0 spiro atoms. The standard InChI is InChI=1S/C15H13ClN2/c1-10-3-4-11(2)15(7-10)18-13-6-5-12(9-17)14(16)8-13/h3-8,18H,1-2H3. The first kappa shape index (κ1) is 12.5. The molecule has 0 unspecified atom stereocenters. The van der Waals surface area contributed by atoms with Crippen LogP contribution in [0.1, 0.15) is 16.7 Å². The van der Waals surface area contributed by atoms with E-state index in [0.717, 1.165) is 11.4 Å². The molecule has 18 heavy (non-hydrogen) atoms. The van der Waals surface area contributed by atoms with Crippen LogP contribution in [-0.2, 0) is 0 Å². The fraction of sp³-hybridized carbons (Fsp3) is 0.133. The Hall–Kier alpha value is -1.98. The monoisotopic (exact) mass is 256 g/mol. The Bertz CT molecular complexity index is 627. The number of nitrogens with zero attached hydrogens (tertiary/aromatic N) is 1. The summed E-state index contributed by atoms with van der Waals surface area (Å²) < 4.78 is 0. The molecule has 3 heteroatoms. The molecule has 90 valence electrons. The van der Waals surface area contributed by atoms with Crippen molar-refractivity contribution in [2.45, 2.75) is 13.8 Å². The van der Waals surface area contributed by atoms with Crippen molar-refractivity contribution in [3.8, 4) is 6.07 Å². The van der Waals surface area contributed by atoms with Crippen molar-refractivity contribution in [1.29, 1.82) is 5.26 Å². The van der Waals surface area contributed by atoms with E-state index in [1.54, 1.807) is 12.1 Å². The van der Waals surface area contributed by atoms with Crippen molar-refractivity contribution < 1.29 is 0 Å². The minimum absolute atomic E-state index is 0.466. The van der Waals surface area contributed by atoms with Gasteiger partial charge in [0, 0.05) is 11.4 Å². The maximum atomic E-state index is 8.82. The average Bonchev–Trinajstić information content (AvgIpc) is 2.34. The third-order valence-electron chi connectivity index (χ3n) is 2.76. The highest BCUT2D eigenvalue weighted by atomic mass is 35.5. The van der Waals surface area contributed by atoms with Crippen molar-refractivity contribution in [2.24, 2.45) is 0 Å². The second-order valence-corrected chi connectivity index (χ2v) is 4.66. The molecule has 0 atom stereocenters. The number of nitriles is 1. The van der Waals surface area contributed by atoms with Crippen LogP contribution in [0.5, 0.6) is 0 Å². The van der Waals surface area contributed by atoms with Crippen molar-refractivity contribution in [2.75, 3.05) is 5.32 Å². The number of benzene rings is 2. The van der Waals surface area contributed by atoms with Crippen LogP contribution in [0, 0.1) is 25.2 Å². The summed E-state index contributed by atoms with van der Waals surface area (Å²) in [5.41, 5.74) is 4.79. The van der Waals surface area contributed by atoms with Crippen LogP contribution in [-0.4, -0.2) is 0 Å². The summed E-state index contributed by atoms with van der Waals surface area (Å²) >= 11 is 6.00. The lowest BCUT2D eigenvalue weighted by atomic mass is 10.1. The Morgan fingerprint density at radius 1 is 1.11 bits per heavy atom. The van der Waals surface area contributed by atoms with Gasteiger partial charge in [0.2, 0.25) is 0 Å². The molecular formula is C15H13ClN2. The van der Waals surface area contributed by atoms with Gasteiger partial charge in [0.1, 0.15) is 6.07 Å². The zero-order chi connectivity index (χ0) is 13.1. The molecule has 0 aliphatic carbocycles. The quantitative estimate of drug-likeness (QED) is 0.854. The first-order valence-electron chi connectivity index (χ1n) is 5.64. The van der Waals surface area contributed by atoms with Gasteiger partial charge in [0.05, 0.1) is 10.6 Å². The number of halogens is 1. The lowest BCUT2D eigenvalue weighted by Gasteiger charge is -2.11. The highest BCUT2D eigenvalue weighted by Gasteiger charge is 2.03. The minimum Gasteiger partial charge on any atom is -0.355 e. The zero-order valence-corrected chi connectivity index (χ0v) is 11.0. The Labute approximate surface area is 112 Å². The Balaban J connectivity index is 2.32. The Morgan fingerprint density at radius 2 is 1.89 bits per heavy atom. The van der Waals surface area contributed by atoms with Crippen LogP contribution in [0.15, 0.2) is 36.4 Å². The predicted molar refractivity (Wildman–Crippen MR) is 75.4 cm³/mol. The number of rotatable bonds is 2. The summed E-state index contributed by atoms with van der Waals surface area (Å²) in [6.45, 7) is 4.10. The average molecular weight is 257 g/mol.